The van der Waals surface area contributed by atoms with Crippen molar-refractivity contribution in [1.29, 1.82) is 0 Å². The Bertz CT molecular complexity index is 1020. The molecule has 1 atom stereocenters. The smallest absolute Gasteiger partial charge is 0.410 e. The molecule has 9 nitrogen and oxygen atoms in total. The molecule has 0 bridgehead atoms. The first-order valence-electron chi connectivity index (χ1n) is 9.95. The van der Waals surface area contributed by atoms with Gasteiger partial charge >= 0.3 is 6.09 Å². The molecule has 0 saturated carbocycles. The number of ether oxygens (including phenoxy) is 1. The number of carbonyl (C=O) groups excluding carboxylic acids is 1. The lowest BCUT2D eigenvalue weighted by molar-refractivity contribution is -0.102. The summed E-state index contributed by atoms with van der Waals surface area (Å²) >= 11 is 0. The molecule has 188 valence electrons. The van der Waals surface area contributed by atoms with Gasteiger partial charge in [0, 0.05) is 37.0 Å². The fraction of sp³-hybridized carbons (Fsp3) is 0.450. The predicted octanol–water partition coefficient (Wildman–Crippen LogP) is 3.62. The minimum atomic E-state index is -3.67. The number of nitrogens with zero attached hydrogens (tertiary/aromatic N) is 3. The highest BCUT2D eigenvalue weighted by Crippen LogP contribution is 2.33. The molecule has 1 fully saturated rings. The van der Waals surface area contributed by atoms with Crippen molar-refractivity contribution in [3.8, 4) is 0 Å². The van der Waals surface area contributed by atoms with Crippen LogP contribution in [0, 0.1) is 5.92 Å². The standard InChI is InChI=1S/C19H20F4N4O2.CH4O3S/c20-16(21)14-4-2-13(3-5-14)11-29-18(28)27-9-6-15(19(22,23)12-27)10-26-17-24-7-1-8-25-17;1-5(2,3)4/h1-5,7-8,15-16H,6,9-12H2,(H,24,25,26);1H3,(H,2,3,4)/t15-;/m1./s1. The number of alkyl halides is 4. The van der Waals surface area contributed by atoms with E-state index in [1.807, 2.05) is 0 Å². The van der Waals surface area contributed by atoms with Crippen molar-refractivity contribution in [3.63, 3.8) is 0 Å². The Hall–Kier alpha value is -3.00. The van der Waals surface area contributed by atoms with Crippen molar-refractivity contribution in [1.82, 2.24) is 14.9 Å². The first-order chi connectivity index (χ1) is 15.8. The normalized spacial score (nSPS) is 17.5. The number of piperidine rings is 1. The van der Waals surface area contributed by atoms with Crippen LogP contribution in [0.1, 0.15) is 24.0 Å². The zero-order valence-corrected chi connectivity index (χ0v) is 18.9. The van der Waals surface area contributed by atoms with Crippen LogP contribution in [0.4, 0.5) is 28.3 Å². The van der Waals surface area contributed by atoms with Gasteiger partial charge in [0.25, 0.3) is 22.5 Å². The summed E-state index contributed by atoms with van der Waals surface area (Å²) < 4.78 is 84.9. The van der Waals surface area contributed by atoms with E-state index in [0.717, 1.165) is 4.90 Å². The molecule has 1 aliphatic heterocycles. The number of hydrogen-bond acceptors (Lipinski definition) is 7. The topological polar surface area (TPSA) is 122 Å². The Balaban J connectivity index is 0.000000739. The molecule has 1 saturated heterocycles. The molecule has 2 aromatic rings. The van der Waals surface area contributed by atoms with Gasteiger partial charge in [0.1, 0.15) is 6.61 Å². The third-order valence-electron chi connectivity index (χ3n) is 4.67. The van der Waals surface area contributed by atoms with E-state index in [-0.39, 0.29) is 37.6 Å². The molecule has 0 unspecified atom stereocenters. The Morgan fingerprint density at radius 3 is 2.38 bits per heavy atom. The molecule has 2 N–H and O–H groups in total. The molecule has 1 amide bonds. The van der Waals surface area contributed by atoms with Crippen LogP contribution in [0.3, 0.4) is 0 Å². The first-order valence-corrected chi connectivity index (χ1v) is 11.8. The van der Waals surface area contributed by atoms with Gasteiger partial charge in [-0.1, -0.05) is 24.3 Å². The van der Waals surface area contributed by atoms with Crippen LogP contribution < -0.4 is 5.32 Å². The highest BCUT2D eigenvalue weighted by atomic mass is 32.2. The Morgan fingerprint density at radius 2 is 1.85 bits per heavy atom. The summed E-state index contributed by atoms with van der Waals surface area (Å²) in [4.78, 5) is 21.0. The highest BCUT2D eigenvalue weighted by Gasteiger charge is 2.46. The number of halogens is 4. The van der Waals surface area contributed by atoms with E-state index in [4.69, 9.17) is 9.29 Å². The lowest BCUT2D eigenvalue weighted by Crippen LogP contribution is -2.52. The number of carbonyl (C=O) groups is 1. The van der Waals surface area contributed by atoms with Crippen LogP contribution in [-0.2, 0) is 21.5 Å². The van der Waals surface area contributed by atoms with Gasteiger partial charge in [-0.05, 0) is 18.1 Å². The van der Waals surface area contributed by atoms with Crippen LogP contribution in [0.15, 0.2) is 42.7 Å². The molecule has 1 aliphatic rings. The third-order valence-corrected chi connectivity index (χ3v) is 4.67. The van der Waals surface area contributed by atoms with Crippen molar-refractivity contribution < 1.29 is 40.1 Å². The second-order valence-corrected chi connectivity index (χ2v) is 8.92. The molecular formula is C20H24F4N4O5S. The molecule has 2 heterocycles. The maximum absolute atomic E-state index is 14.5. The molecule has 0 aliphatic carbocycles. The van der Waals surface area contributed by atoms with Crippen molar-refractivity contribution in [3.05, 3.63) is 53.9 Å². The minimum Gasteiger partial charge on any atom is -0.445 e. The van der Waals surface area contributed by atoms with Crippen LogP contribution in [-0.4, -0.2) is 65.7 Å². The third kappa shape index (κ3) is 9.47. The van der Waals surface area contributed by atoms with Crippen LogP contribution in [0.5, 0.6) is 0 Å². The van der Waals surface area contributed by atoms with Gasteiger partial charge in [-0.3, -0.25) is 4.55 Å². The lowest BCUT2D eigenvalue weighted by Gasteiger charge is -2.37. The molecule has 0 spiro atoms. The number of likely N-dealkylation sites (tertiary alicyclic amines) is 1. The molecule has 1 aromatic heterocycles. The fourth-order valence-electron chi connectivity index (χ4n) is 2.99. The average molecular weight is 508 g/mol. The van der Waals surface area contributed by atoms with Crippen molar-refractivity contribution in [2.45, 2.75) is 25.4 Å². The van der Waals surface area contributed by atoms with Crippen LogP contribution in [0.2, 0.25) is 0 Å². The van der Waals surface area contributed by atoms with E-state index in [9.17, 15) is 30.8 Å². The molecule has 3 rings (SSSR count). The van der Waals surface area contributed by atoms with E-state index in [1.165, 1.54) is 36.7 Å². The van der Waals surface area contributed by atoms with E-state index < -0.39 is 41.0 Å². The first kappa shape index (κ1) is 27.2. The largest absolute Gasteiger partial charge is 0.445 e. The quantitative estimate of drug-likeness (QED) is 0.448. The summed E-state index contributed by atoms with van der Waals surface area (Å²) in [6, 6.07) is 6.91. The summed E-state index contributed by atoms with van der Waals surface area (Å²) in [5.74, 6) is -3.81. The highest BCUT2D eigenvalue weighted by molar-refractivity contribution is 7.85. The van der Waals surface area contributed by atoms with Gasteiger partial charge in [-0.2, -0.15) is 8.42 Å². The molecule has 34 heavy (non-hydrogen) atoms. The molecule has 14 heteroatoms. The van der Waals surface area contributed by atoms with Gasteiger partial charge < -0.3 is 15.0 Å². The number of benzene rings is 1. The van der Waals surface area contributed by atoms with Crippen LogP contribution in [0.25, 0.3) is 0 Å². The van der Waals surface area contributed by atoms with E-state index in [0.29, 0.717) is 11.8 Å². The Kier molecular flexibility index (Phi) is 9.55. The van der Waals surface area contributed by atoms with E-state index >= 15 is 0 Å². The number of amides is 1. The van der Waals surface area contributed by atoms with Crippen molar-refractivity contribution in [2.75, 3.05) is 31.2 Å². The lowest BCUT2D eigenvalue weighted by atomic mass is 9.93. The van der Waals surface area contributed by atoms with E-state index in [2.05, 4.69) is 15.3 Å². The number of anilines is 1. The fourth-order valence-corrected chi connectivity index (χ4v) is 2.99. The number of nitrogens with one attached hydrogen (secondary N) is 1. The Labute approximate surface area is 193 Å². The molecule has 0 radical (unpaired) electrons. The number of rotatable bonds is 6. The minimum absolute atomic E-state index is 0.0175. The van der Waals surface area contributed by atoms with Gasteiger partial charge in [-0.25, -0.2) is 32.3 Å². The summed E-state index contributed by atoms with van der Waals surface area (Å²) in [5.41, 5.74) is 0.354. The van der Waals surface area contributed by atoms with Gasteiger partial charge in [0.2, 0.25) is 5.95 Å². The van der Waals surface area contributed by atoms with E-state index in [1.54, 1.807) is 6.07 Å². The van der Waals surface area contributed by atoms with Crippen molar-refractivity contribution in [2.24, 2.45) is 5.92 Å². The number of hydrogen-bond donors (Lipinski definition) is 2. The summed E-state index contributed by atoms with van der Waals surface area (Å²) in [6.45, 7) is -0.823. The maximum atomic E-state index is 14.5. The van der Waals surface area contributed by atoms with Crippen LogP contribution >= 0.6 is 0 Å². The average Bonchev–Trinajstić information content (AvgIpc) is 2.76. The summed E-state index contributed by atoms with van der Waals surface area (Å²) in [6.07, 6.45) is 0.372. The molecule has 1 aromatic carbocycles. The predicted molar refractivity (Wildman–Crippen MR) is 114 cm³/mol. The SMILES string of the molecule is CS(=O)(=O)O.O=C(OCc1ccc(C(F)F)cc1)N1CC[C@H](CNc2ncccn2)C(F)(F)C1. The van der Waals surface area contributed by atoms with Gasteiger partial charge in [-0.15, -0.1) is 0 Å². The van der Waals surface area contributed by atoms with Gasteiger partial charge in [0.05, 0.1) is 12.8 Å². The summed E-state index contributed by atoms with van der Waals surface area (Å²) in [5, 5.41) is 2.78. The second-order valence-electron chi connectivity index (χ2n) is 7.45. The van der Waals surface area contributed by atoms with Crippen molar-refractivity contribution >= 4 is 22.2 Å². The Morgan fingerprint density at radius 1 is 1.26 bits per heavy atom. The zero-order valence-electron chi connectivity index (χ0n) is 18.1. The summed E-state index contributed by atoms with van der Waals surface area (Å²) in [7, 11) is -3.67. The molecular weight excluding hydrogens is 484 g/mol. The number of aromatic nitrogens is 2. The second kappa shape index (κ2) is 11.9. The maximum Gasteiger partial charge on any atom is 0.410 e. The zero-order chi connectivity index (χ0) is 25.4. The monoisotopic (exact) mass is 508 g/mol. The van der Waals surface area contributed by atoms with Gasteiger partial charge in [0.15, 0.2) is 0 Å².